The van der Waals surface area contributed by atoms with E-state index in [-0.39, 0.29) is 6.61 Å². The number of aliphatic hydroxyl groups is 1. The van der Waals surface area contributed by atoms with Crippen LogP contribution in [0.5, 0.6) is 5.88 Å². The maximum atomic E-state index is 9.12. The van der Waals surface area contributed by atoms with Gasteiger partial charge < -0.3 is 14.7 Å². The molecule has 28 heavy (non-hydrogen) atoms. The molecule has 0 aliphatic rings. The third-order valence-corrected chi connectivity index (χ3v) is 3.95. The summed E-state index contributed by atoms with van der Waals surface area (Å²) in [6.07, 6.45) is 3.43. The van der Waals surface area contributed by atoms with Crippen molar-refractivity contribution >= 4 is 5.82 Å². The van der Waals surface area contributed by atoms with E-state index >= 15 is 0 Å². The Morgan fingerprint density at radius 2 is 1.68 bits per heavy atom. The molecule has 6 nitrogen and oxygen atoms in total. The Morgan fingerprint density at radius 3 is 2.21 bits per heavy atom. The van der Waals surface area contributed by atoms with Crippen molar-refractivity contribution < 1.29 is 9.84 Å². The molecule has 2 heterocycles. The molecule has 0 unspecified atom stereocenters. The number of aliphatic hydroxyl groups excluding tert-OH is 1. The van der Waals surface area contributed by atoms with Crippen molar-refractivity contribution in [1.82, 2.24) is 15.0 Å². The van der Waals surface area contributed by atoms with Gasteiger partial charge in [0.2, 0.25) is 5.88 Å². The summed E-state index contributed by atoms with van der Waals surface area (Å²) in [5.74, 6) is 1.48. The molecule has 0 atom stereocenters. The van der Waals surface area contributed by atoms with Crippen molar-refractivity contribution in [2.45, 2.75) is 60.3 Å². The Hall–Kier alpha value is -2.21. The van der Waals surface area contributed by atoms with Crippen molar-refractivity contribution in [3.63, 3.8) is 0 Å². The number of aryl methyl sites for hydroxylation is 3. The van der Waals surface area contributed by atoms with Crippen LogP contribution in [-0.2, 0) is 12.8 Å². The lowest BCUT2D eigenvalue weighted by Gasteiger charge is -2.19. The summed E-state index contributed by atoms with van der Waals surface area (Å²) < 4.78 is 5.52. The first-order valence-electron chi connectivity index (χ1n) is 10.2. The van der Waals surface area contributed by atoms with Crippen molar-refractivity contribution in [2.24, 2.45) is 0 Å². The van der Waals surface area contributed by atoms with Gasteiger partial charge in [0.25, 0.3) is 0 Å². The molecular formula is C22H36N4O2. The summed E-state index contributed by atoms with van der Waals surface area (Å²) in [4.78, 5) is 16.2. The third kappa shape index (κ3) is 6.44. The lowest BCUT2D eigenvalue weighted by Crippen LogP contribution is -2.16. The number of nitrogens with zero attached hydrogens (tertiary/aromatic N) is 4. The summed E-state index contributed by atoms with van der Waals surface area (Å²) in [6, 6.07) is 3.90. The minimum absolute atomic E-state index is 0.151. The fourth-order valence-electron chi connectivity index (χ4n) is 2.78. The molecule has 6 heteroatoms. The first-order chi connectivity index (χ1) is 13.4. The number of rotatable bonds is 8. The van der Waals surface area contributed by atoms with E-state index in [4.69, 9.17) is 19.8 Å². The van der Waals surface area contributed by atoms with Crippen LogP contribution in [0.15, 0.2) is 12.1 Å². The smallest absolute Gasteiger partial charge is 0.213 e. The SMILES string of the molecule is CCC.CCOc1ccc(-c2nc(N(C)C)c(CCCO)nc2C)c(CC)n1. The van der Waals surface area contributed by atoms with E-state index in [9.17, 15) is 0 Å². The molecule has 0 saturated carbocycles. The maximum absolute atomic E-state index is 9.12. The van der Waals surface area contributed by atoms with E-state index in [0.717, 1.165) is 40.6 Å². The molecule has 0 saturated heterocycles. The van der Waals surface area contributed by atoms with Gasteiger partial charge in [0, 0.05) is 32.3 Å². The van der Waals surface area contributed by atoms with Crippen LogP contribution in [0.1, 0.15) is 57.6 Å². The van der Waals surface area contributed by atoms with E-state index < -0.39 is 0 Å². The minimum Gasteiger partial charge on any atom is -0.478 e. The largest absolute Gasteiger partial charge is 0.478 e. The summed E-state index contributed by atoms with van der Waals surface area (Å²) in [5, 5.41) is 9.12. The Morgan fingerprint density at radius 1 is 1.00 bits per heavy atom. The topological polar surface area (TPSA) is 71.4 Å². The van der Waals surface area contributed by atoms with Crippen molar-refractivity contribution in [1.29, 1.82) is 0 Å². The Kier molecular flexibility index (Phi) is 10.5. The third-order valence-electron chi connectivity index (χ3n) is 3.95. The van der Waals surface area contributed by atoms with Crippen LogP contribution < -0.4 is 9.64 Å². The highest BCUT2D eigenvalue weighted by Gasteiger charge is 2.17. The quantitative estimate of drug-likeness (QED) is 0.730. The molecule has 0 fully saturated rings. The molecular weight excluding hydrogens is 352 g/mol. The van der Waals surface area contributed by atoms with Gasteiger partial charge in [0.15, 0.2) is 5.82 Å². The first kappa shape index (κ1) is 23.8. The van der Waals surface area contributed by atoms with Gasteiger partial charge in [-0.2, -0.15) is 0 Å². The van der Waals surface area contributed by atoms with Gasteiger partial charge in [-0.3, -0.25) is 4.98 Å². The van der Waals surface area contributed by atoms with E-state index in [1.807, 2.05) is 45.0 Å². The summed E-state index contributed by atoms with van der Waals surface area (Å²) in [7, 11) is 3.92. The Labute approximate surface area is 170 Å². The predicted octanol–water partition coefficient (Wildman–Crippen LogP) is 4.22. The number of anilines is 1. The summed E-state index contributed by atoms with van der Waals surface area (Å²) >= 11 is 0. The minimum atomic E-state index is 0.151. The van der Waals surface area contributed by atoms with Gasteiger partial charge in [0.05, 0.1) is 29.4 Å². The second-order valence-electron chi connectivity index (χ2n) is 6.79. The molecule has 0 spiro atoms. The van der Waals surface area contributed by atoms with Gasteiger partial charge >= 0.3 is 0 Å². The van der Waals surface area contributed by atoms with Crippen LogP contribution in [0, 0.1) is 6.92 Å². The number of ether oxygens (including phenoxy) is 1. The van der Waals surface area contributed by atoms with E-state index in [0.29, 0.717) is 25.3 Å². The zero-order valence-corrected chi connectivity index (χ0v) is 18.5. The molecule has 0 aliphatic carbocycles. The van der Waals surface area contributed by atoms with E-state index in [2.05, 4.69) is 25.8 Å². The average molecular weight is 389 g/mol. The van der Waals surface area contributed by atoms with Gasteiger partial charge in [-0.05, 0) is 39.2 Å². The van der Waals surface area contributed by atoms with Crippen LogP contribution in [0.2, 0.25) is 0 Å². The van der Waals surface area contributed by atoms with Crippen LogP contribution in [0.3, 0.4) is 0 Å². The molecule has 0 amide bonds. The molecule has 0 radical (unpaired) electrons. The zero-order chi connectivity index (χ0) is 21.1. The van der Waals surface area contributed by atoms with Gasteiger partial charge in [-0.15, -0.1) is 0 Å². The number of hydrogen-bond acceptors (Lipinski definition) is 6. The first-order valence-corrected chi connectivity index (χ1v) is 10.2. The average Bonchev–Trinajstić information content (AvgIpc) is 2.67. The highest BCUT2D eigenvalue weighted by molar-refractivity contribution is 5.67. The lowest BCUT2D eigenvalue weighted by atomic mass is 10.1. The number of aromatic nitrogens is 3. The molecule has 0 aromatic carbocycles. The summed E-state index contributed by atoms with van der Waals surface area (Å²) in [5.41, 5.74) is 4.59. The van der Waals surface area contributed by atoms with Crippen molar-refractivity contribution in [3.05, 3.63) is 29.2 Å². The number of hydrogen-bond donors (Lipinski definition) is 1. The van der Waals surface area contributed by atoms with Crippen molar-refractivity contribution in [2.75, 3.05) is 32.2 Å². The number of pyridine rings is 1. The van der Waals surface area contributed by atoms with Gasteiger partial charge in [0.1, 0.15) is 0 Å². The highest BCUT2D eigenvalue weighted by Crippen LogP contribution is 2.29. The van der Waals surface area contributed by atoms with Crippen LogP contribution in [-0.4, -0.2) is 47.4 Å². The molecule has 1 N–H and O–H groups in total. The molecule has 156 valence electrons. The van der Waals surface area contributed by atoms with E-state index in [1.165, 1.54) is 6.42 Å². The van der Waals surface area contributed by atoms with Crippen molar-refractivity contribution in [3.8, 4) is 17.1 Å². The molecule has 0 bridgehead atoms. The summed E-state index contributed by atoms with van der Waals surface area (Å²) in [6.45, 7) is 11.0. The molecule has 2 rings (SSSR count). The second kappa shape index (κ2) is 12.3. The lowest BCUT2D eigenvalue weighted by molar-refractivity contribution is 0.288. The monoisotopic (exact) mass is 388 g/mol. The molecule has 2 aromatic heterocycles. The van der Waals surface area contributed by atoms with Crippen LogP contribution in [0.4, 0.5) is 5.82 Å². The van der Waals surface area contributed by atoms with Gasteiger partial charge in [-0.25, -0.2) is 9.97 Å². The standard InChI is InChI=1S/C19H28N4O2.C3H8/c1-6-15-14(10-11-17(21-15)25-7-2)18-13(3)20-16(9-8-12-24)19(22-18)23(4)5;1-3-2/h10-11,24H,6-9,12H2,1-5H3;3H2,1-2H3. The molecule has 2 aromatic rings. The predicted molar refractivity (Wildman–Crippen MR) is 116 cm³/mol. The Balaban J connectivity index is 0.00000122. The fraction of sp³-hybridized carbons (Fsp3) is 0.591. The van der Waals surface area contributed by atoms with Crippen LogP contribution in [0.25, 0.3) is 11.3 Å². The Bertz CT molecular complexity index is 733. The fourth-order valence-corrected chi connectivity index (χ4v) is 2.78. The van der Waals surface area contributed by atoms with Crippen LogP contribution >= 0.6 is 0 Å². The van der Waals surface area contributed by atoms with E-state index in [1.54, 1.807) is 0 Å². The van der Waals surface area contributed by atoms with Gasteiger partial charge in [-0.1, -0.05) is 27.2 Å². The highest BCUT2D eigenvalue weighted by atomic mass is 16.5. The molecule has 0 aliphatic heterocycles. The zero-order valence-electron chi connectivity index (χ0n) is 18.5. The normalized spacial score (nSPS) is 10.3. The maximum Gasteiger partial charge on any atom is 0.213 e. The second-order valence-corrected chi connectivity index (χ2v) is 6.79.